The van der Waals surface area contributed by atoms with E-state index in [-0.39, 0.29) is 17.5 Å². The fraction of sp³-hybridized carbons (Fsp3) is 0.133. The minimum absolute atomic E-state index is 0.237. The molecule has 0 aliphatic carbocycles. The van der Waals surface area contributed by atoms with Gasteiger partial charge in [-0.3, -0.25) is 4.79 Å². The van der Waals surface area contributed by atoms with Crippen LogP contribution in [-0.4, -0.2) is 12.9 Å². The summed E-state index contributed by atoms with van der Waals surface area (Å²) in [7, 11) is 1.43. The molecule has 2 aromatic carbocycles. The lowest BCUT2D eigenvalue weighted by atomic mass is 10.0. The van der Waals surface area contributed by atoms with E-state index in [0.29, 0.717) is 10.2 Å². The van der Waals surface area contributed by atoms with Crippen LogP contribution < -0.4 is 4.74 Å². The maximum absolute atomic E-state index is 13.6. The predicted octanol–water partition coefficient (Wildman–Crippen LogP) is 4.16. The van der Waals surface area contributed by atoms with Gasteiger partial charge in [-0.2, -0.15) is 0 Å². The number of rotatable bonds is 4. The summed E-state index contributed by atoms with van der Waals surface area (Å²) in [5, 5.41) is 0. The standard InChI is InChI=1S/C15H11BrF2O2/c1-20-15-6-5-9(16)7-11(15)14(19)8-10-12(17)3-2-4-13(10)18/h2-7H,8H2,1H3. The molecule has 0 aliphatic heterocycles. The number of methoxy groups -OCH3 is 1. The average Bonchev–Trinajstić information content (AvgIpc) is 2.43. The van der Waals surface area contributed by atoms with Crippen molar-refractivity contribution in [3.8, 4) is 5.75 Å². The molecule has 0 aliphatic rings. The second kappa shape index (κ2) is 6.13. The van der Waals surface area contributed by atoms with E-state index in [1.807, 2.05) is 0 Å². The number of ketones is 1. The van der Waals surface area contributed by atoms with Crippen LogP contribution in [0, 0.1) is 11.6 Å². The first kappa shape index (κ1) is 14.7. The van der Waals surface area contributed by atoms with Crippen LogP contribution in [0.5, 0.6) is 5.75 Å². The van der Waals surface area contributed by atoms with Crippen molar-refractivity contribution in [3.63, 3.8) is 0 Å². The molecule has 20 heavy (non-hydrogen) atoms. The molecule has 2 aromatic rings. The van der Waals surface area contributed by atoms with Crippen LogP contribution in [-0.2, 0) is 6.42 Å². The summed E-state index contributed by atoms with van der Waals surface area (Å²) in [5.41, 5.74) is 0.0454. The summed E-state index contributed by atoms with van der Waals surface area (Å²) in [6.07, 6.45) is -0.356. The first-order chi connectivity index (χ1) is 9.52. The molecular formula is C15H11BrF2O2. The third-order valence-corrected chi connectivity index (χ3v) is 3.35. The molecule has 0 unspecified atom stereocenters. The Balaban J connectivity index is 2.35. The zero-order valence-electron chi connectivity index (χ0n) is 10.6. The number of hydrogen-bond acceptors (Lipinski definition) is 2. The van der Waals surface area contributed by atoms with Crippen molar-refractivity contribution in [2.24, 2.45) is 0 Å². The van der Waals surface area contributed by atoms with Crippen molar-refractivity contribution in [1.82, 2.24) is 0 Å². The first-order valence-electron chi connectivity index (χ1n) is 5.82. The first-order valence-corrected chi connectivity index (χ1v) is 6.62. The quantitative estimate of drug-likeness (QED) is 0.781. The van der Waals surface area contributed by atoms with Crippen molar-refractivity contribution in [2.45, 2.75) is 6.42 Å². The molecule has 5 heteroatoms. The van der Waals surface area contributed by atoms with E-state index in [0.717, 1.165) is 12.1 Å². The monoisotopic (exact) mass is 340 g/mol. The molecule has 0 heterocycles. The third-order valence-electron chi connectivity index (χ3n) is 2.86. The lowest BCUT2D eigenvalue weighted by Crippen LogP contribution is -2.09. The predicted molar refractivity (Wildman–Crippen MR) is 75.1 cm³/mol. The molecule has 0 atom stereocenters. The van der Waals surface area contributed by atoms with Crippen LogP contribution in [0.25, 0.3) is 0 Å². The van der Waals surface area contributed by atoms with Gasteiger partial charge in [-0.05, 0) is 30.3 Å². The summed E-state index contributed by atoms with van der Waals surface area (Å²) < 4.78 is 32.9. The van der Waals surface area contributed by atoms with Gasteiger partial charge in [-0.1, -0.05) is 22.0 Å². The average molecular weight is 341 g/mol. The normalized spacial score (nSPS) is 10.4. The van der Waals surface area contributed by atoms with Gasteiger partial charge in [0.25, 0.3) is 0 Å². The highest BCUT2D eigenvalue weighted by molar-refractivity contribution is 9.10. The number of carbonyl (C=O) groups excluding carboxylic acids is 1. The van der Waals surface area contributed by atoms with Crippen LogP contribution in [0.1, 0.15) is 15.9 Å². The highest BCUT2D eigenvalue weighted by atomic mass is 79.9. The Kier molecular flexibility index (Phi) is 4.49. The Morgan fingerprint density at radius 2 is 1.85 bits per heavy atom. The molecule has 0 saturated carbocycles. The van der Waals surface area contributed by atoms with E-state index in [1.54, 1.807) is 18.2 Å². The maximum Gasteiger partial charge on any atom is 0.171 e. The van der Waals surface area contributed by atoms with Crippen molar-refractivity contribution >= 4 is 21.7 Å². The lowest BCUT2D eigenvalue weighted by Gasteiger charge is -2.09. The second-order valence-electron chi connectivity index (χ2n) is 4.14. The van der Waals surface area contributed by atoms with E-state index < -0.39 is 17.4 Å². The Labute approximate surface area is 123 Å². The molecule has 104 valence electrons. The summed E-state index contributed by atoms with van der Waals surface area (Å²) in [4.78, 5) is 12.2. The topological polar surface area (TPSA) is 26.3 Å². The smallest absolute Gasteiger partial charge is 0.171 e. The molecule has 2 rings (SSSR count). The van der Waals surface area contributed by atoms with Gasteiger partial charge >= 0.3 is 0 Å². The van der Waals surface area contributed by atoms with Crippen LogP contribution in [0.4, 0.5) is 8.78 Å². The molecular weight excluding hydrogens is 330 g/mol. The summed E-state index contributed by atoms with van der Waals surface area (Å²) >= 11 is 3.25. The van der Waals surface area contributed by atoms with E-state index in [4.69, 9.17) is 4.74 Å². The minimum Gasteiger partial charge on any atom is -0.496 e. The molecule has 0 aromatic heterocycles. The van der Waals surface area contributed by atoms with Crippen molar-refractivity contribution < 1.29 is 18.3 Å². The highest BCUT2D eigenvalue weighted by Gasteiger charge is 2.17. The van der Waals surface area contributed by atoms with Crippen LogP contribution >= 0.6 is 15.9 Å². The van der Waals surface area contributed by atoms with Crippen LogP contribution in [0.2, 0.25) is 0 Å². The summed E-state index contributed by atoms with van der Waals surface area (Å²) in [6, 6.07) is 8.43. The largest absolute Gasteiger partial charge is 0.496 e. The lowest BCUT2D eigenvalue weighted by molar-refractivity contribution is 0.0987. The molecule has 0 amide bonds. The number of benzene rings is 2. The molecule has 0 spiro atoms. The van der Waals surface area contributed by atoms with Crippen LogP contribution in [0.15, 0.2) is 40.9 Å². The van der Waals surface area contributed by atoms with Gasteiger partial charge in [0.05, 0.1) is 12.7 Å². The maximum atomic E-state index is 13.6. The fourth-order valence-electron chi connectivity index (χ4n) is 1.86. The minimum atomic E-state index is -0.729. The van der Waals surface area contributed by atoms with Gasteiger partial charge in [0.2, 0.25) is 0 Å². The Hall–Kier alpha value is -1.75. The number of ether oxygens (including phenoxy) is 1. The molecule has 0 radical (unpaired) electrons. The third kappa shape index (κ3) is 3.04. The van der Waals surface area contributed by atoms with Gasteiger partial charge in [-0.25, -0.2) is 8.78 Å². The van der Waals surface area contributed by atoms with Gasteiger partial charge in [0.15, 0.2) is 5.78 Å². The van der Waals surface area contributed by atoms with Crippen molar-refractivity contribution in [3.05, 3.63) is 63.6 Å². The number of halogens is 3. The molecule has 2 nitrogen and oxygen atoms in total. The molecule has 0 saturated heterocycles. The van der Waals surface area contributed by atoms with Gasteiger partial charge in [0, 0.05) is 16.5 Å². The number of carbonyl (C=O) groups is 1. The summed E-state index contributed by atoms with van der Waals surface area (Å²) in [5.74, 6) is -1.50. The highest BCUT2D eigenvalue weighted by Crippen LogP contribution is 2.25. The van der Waals surface area contributed by atoms with Gasteiger partial charge < -0.3 is 4.74 Å². The zero-order chi connectivity index (χ0) is 14.7. The van der Waals surface area contributed by atoms with Gasteiger partial charge in [0.1, 0.15) is 17.4 Å². The van der Waals surface area contributed by atoms with E-state index in [9.17, 15) is 13.6 Å². The van der Waals surface area contributed by atoms with E-state index >= 15 is 0 Å². The van der Waals surface area contributed by atoms with Crippen molar-refractivity contribution in [1.29, 1.82) is 0 Å². The Bertz CT molecular complexity index is 636. The van der Waals surface area contributed by atoms with Crippen LogP contribution in [0.3, 0.4) is 0 Å². The Morgan fingerprint density at radius 3 is 2.45 bits per heavy atom. The number of Topliss-reactive ketones (excluding diaryl/α,β-unsaturated/α-hetero) is 1. The van der Waals surface area contributed by atoms with Crippen molar-refractivity contribution in [2.75, 3.05) is 7.11 Å². The number of hydrogen-bond donors (Lipinski definition) is 0. The Morgan fingerprint density at radius 1 is 1.20 bits per heavy atom. The zero-order valence-corrected chi connectivity index (χ0v) is 12.2. The molecule has 0 bridgehead atoms. The summed E-state index contributed by atoms with van der Waals surface area (Å²) in [6.45, 7) is 0. The van der Waals surface area contributed by atoms with E-state index in [2.05, 4.69) is 15.9 Å². The molecule has 0 N–H and O–H groups in total. The second-order valence-corrected chi connectivity index (χ2v) is 5.06. The SMILES string of the molecule is COc1ccc(Br)cc1C(=O)Cc1c(F)cccc1F. The van der Waals surface area contributed by atoms with E-state index in [1.165, 1.54) is 13.2 Å². The van der Waals surface area contributed by atoms with Gasteiger partial charge in [-0.15, -0.1) is 0 Å². The molecule has 0 fully saturated rings. The fourth-order valence-corrected chi connectivity index (χ4v) is 2.22.